The average molecular weight is 361 g/mol. The Balaban J connectivity index is 2.86. The van der Waals surface area contributed by atoms with Crippen molar-refractivity contribution in [1.82, 2.24) is 4.72 Å². The lowest BCUT2D eigenvalue weighted by atomic mass is 10.4. The number of nitrogens with one attached hydrogen (secondary N) is 1. The van der Waals surface area contributed by atoms with E-state index in [-0.39, 0.29) is 22.2 Å². The fourth-order valence-corrected chi connectivity index (χ4v) is 3.68. The van der Waals surface area contributed by atoms with Crippen molar-refractivity contribution in [3.8, 4) is 0 Å². The Morgan fingerprint density at radius 1 is 1.47 bits per heavy atom. The molecule has 8 heteroatoms. The highest BCUT2D eigenvalue weighted by Crippen LogP contribution is 2.24. The summed E-state index contributed by atoms with van der Waals surface area (Å²) < 4.78 is 37.5. The fraction of sp³-hybridized carbons (Fsp3) is 0.333. The monoisotopic (exact) mass is 359 g/mol. The van der Waals surface area contributed by atoms with Crippen molar-refractivity contribution in [3.05, 3.63) is 27.7 Å². The quantitative estimate of drug-likeness (QED) is 0.870. The SMILES string of the molecule is CS(=O)CCNS(=O)(=O)c1ccc(Br)cc1Cl. The van der Waals surface area contributed by atoms with Gasteiger partial charge >= 0.3 is 0 Å². The third kappa shape index (κ3) is 4.67. The molecule has 1 unspecified atom stereocenters. The predicted octanol–water partition coefficient (Wildman–Crippen LogP) is 1.76. The molecule has 1 aromatic carbocycles. The summed E-state index contributed by atoms with van der Waals surface area (Å²) in [5, 5.41) is 0.143. The maximum Gasteiger partial charge on any atom is 0.242 e. The van der Waals surface area contributed by atoms with E-state index in [9.17, 15) is 12.6 Å². The molecule has 0 saturated heterocycles. The van der Waals surface area contributed by atoms with Gasteiger partial charge in [0.2, 0.25) is 10.0 Å². The number of rotatable bonds is 5. The molecule has 0 radical (unpaired) electrons. The Morgan fingerprint density at radius 3 is 2.65 bits per heavy atom. The zero-order valence-electron chi connectivity index (χ0n) is 8.94. The molecular weight excluding hydrogens is 350 g/mol. The molecular formula is C9H11BrClNO3S2. The Kier molecular flexibility index (Phi) is 5.59. The summed E-state index contributed by atoms with van der Waals surface area (Å²) >= 11 is 9.04. The summed E-state index contributed by atoms with van der Waals surface area (Å²) in [6, 6.07) is 4.52. The van der Waals surface area contributed by atoms with Crippen LogP contribution in [0.25, 0.3) is 0 Å². The maximum absolute atomic E-state index is 11.8. The van der Waals surface area contributed by atoms with E-state index in [1.54, 1.807) is 6.07 Å². The molecule has 0 saturated carbocycles. The Hall–Kier alpha value is 0.0500. The second kappa shape index (κ2) is 6.29. The molecule has 1 aromatic rings. The predicted molar refractivity (Wildman–Crippen MR) is 73.3 cm³/mol. The van der Waals surface area contributed by atoms with Crippen LogP contribution in [-0.4, -0.2) is 31.2 Å². The van der Waals surface area contributed by atoms with Gasteiger partial charge in [-0.05, 0) is 18.2 Å². The molecule has 1 rings (SSSR count). The number of halogens is 2. The van der Waals surface area contributed by atoms with Gasteiger partial charge in [-0.2, -0.15) is 0 Å². The van der Waals surface area contributed by atoms with Crippen LogP contribution in [0.3, 0.4) is 0 Å². The van der Waals surface area contributed by atoms with Gasteiger partial charge in [0.05, 0.1) is 5.02 Å². The molecule has 0 heterocycles. The van der Waals surface area contributed by atoms with Gasteiger partial charge in [0, 0.05) is 33.8 Å². The summed E-state index contributed by atoms with van der Waals surface area (Å²) in [5.74, 6) is 0.271. The molecule has 0 aromatic heterocycles. The Morgan fingerprint density at radius 2 is 2.12 bits per heavy atom. The van der Waals surface area contributed by atoms with Crippen LogP contribution in [0.5, 0.6) is 0 Å². The minimum absolute atomic E-state index is 0.0178. The first-order chi connectivity index (χ1) is 7.83. The highest BCUT2D eigenvalue weighted by molar-refractivity contribution is 9.10. The van der Waals surface area contributed by atoms with E-state index >= 15 is 0 Å². The maximum atomic E-state index is 11.8. The number of sulfonamides is 1. The molecule has 0 bridgehead atoms. The van der Waals surface area contributed by atoms with E-state index in [0.29, 0.717) is 4.47 Å². The smallest absolute Gasteiger partial charge is 0.242 e. The van der Waals surface area contributed by atoms with Crippen molar-refractivity contribution >= 4 is 48.4 Å². The molecule has 4 nitrogen and oxygen atoms in total. The largest absolute Gasteiger partial charge is 0.260 e. The summed E-state index contributed by atoms with van der Waals surface area (Å²) in [4.78, 5) is 0.0178. The first-order valence-electron chi connectivity index (χ1n) is 4.57. The van der Waals surface area contributed by atoms with Crippen LogP contribution in [-0.2, 0) is 20.8 Å². The molecule has 17 heavy (non-hydrogen) atoms. The minimum Gasteiger partial charge on any atom is -0.260 e. The Labute approximate surface area is 116 Å². The van der Waals surface area contributed by atoms with E-state index in [1.807, 2.05) is 0 Å². The third-order valence-corrected chi connectivity index (χ3v) is 5.08. The highest BCUT2D eigenvalue weighted by atomic mass is 79.9. The van der Waals surface area contributed by atoms with Crippen molar-refractivity contribution in [1.29, 1.82) is 0 Å². The van der Waals surface area contributed by atoms with Crippen molar-refractivity contribution in [3.63, 3.8) is 0 Å². The molecule has 1 N–H and O–H groups in total. The van der Waals surface area contributed by atoms with Crippen molar-refractivity contribution in [2.45, 2.75) is 4.90 Å². The number of hydrogen-bond donors (Lipinski definition) is 1. The molecule has 0 amide bonds. The first kappa shape index (κ1) is 15.1. The zero-order valence-corrected chi connectivity index (χ0v) is 12.9. The van der Waals surface area contributed by atoms with Gasteiger partial charge in [0.15, 0.2) is 0 Å². The second-order valence-corrected chi connectivity index (χ2v) is 7.86. The van der Waals surface area contributed by atoms with Crippen molar-refractivity contribution in [2.75, 3.05) is 18.6 Å². The van der Waals surface area contributed by atoms with Gasteiger partial charge < -0.3 is 0 Å². The number of hydrogen-bond acceptors (Lipinski definition) is 3. The van der Waals surface area contributed by atoms with E-state index in [0.717, 1.165) is 0 Å². The van der Waals surface area contributed by atoms with Gasteiger partial charge in [0.25, 0.3) is 0 Å². The summed E-state index contributed by atoms with van der Waals surface area (Å²) in [7, 11) is -4.67. The molecule has 0 aliphatic heterocycles. The van der Waals surface area contributed by atoms with Crippen LogP contribution in [0, 0.1) is 0 Å². The zero-order chi connectivity index (χ0) is 13.1. The van der Waals surface area contributed by atoms with Crippen LogP contribution in [0.4, 0.5) is 0 Å². The van der Waals surface area contributed by atoms with Crippen LogP contribution in [0.15, 0.2) is 27.6 Å². The van der Waals surface area contributed by atoms with Crippen LogP contribution < -0.4 is 4.72 Å². The topological polar surface area (TPSA) is 63.2 Å². The van der Waals surface area contributed by atoms with Gasteiger partial charge in [-0.1, -0.05) is 27.5 Å². The Bertz CT molecular complexity index is 533. The lowest BCUT2D eigenvalue weighted by molar-refractivity contribution is 0.584. The van der Waals surface area contributed by atoms with Gasteiger partial charge in [-0.15, -0.1) is 0 Å². The summed E-state index contributed by atoms with van der Waals surface area (Å²) in [6.07, 6.45) is 1.51. The summed E-state index contributed by atoms with van der Waals surface area (Å²) in [5.41, 5.74) is 0. The first-order valence-corrected chi connectivity index (χ1v) is 8.96. The summed E-state index contributed by atoms with van der Waals surface area (Å²) in [6.45, 7) is 0.123. The lowest BCUT2D eigenvalue weighted by Crippen LogP contribution is -2.27. The highest BCUT2D eigenvalue weighted by Gasteiger charge is 2.17. The minimum atomic E-state index is -3.64. The molecule has 96 valence electrons. The molecule has 0 spiro atoms. The van der Waals surface area contributed by atoms with E-state index in [4.69, 9.17) is 11.6 Å². The molecule has 0 fully saturated rings. The van der Waals surface area contributed by atoms with E-state index in [1.165, 1.54) is 18.4 Å². The third-order valence-electron chi connectivity index (χ3n) is 1.87. The fourth-order valence-electron chi connectivity index (χ4n) is 1.09. The molecule has 1 atom stereocenters. The van der Waals surface area contributed by atoms with Crippen LogP contribution in [0.2, 0.25) is 5.02 Å². The lowest BCUT2D eigenvalue weighted by Gasteiger charge is -2.07. The van der Waals surface area contributed by atoms with Crippen molar-refractivity contribution in [2.24, 2.45) is 0 Å². The van der Waals surface area contributed by atoms with Gasteiger partial charge in [-0.3, -0.25) is 4.21 Å². The standard InChI is InChI=1S/C9H11BrClNO3S2/c1-16(13)5-4-12-17(14,15)9-3-2-7(10)6-8(9)11/h2-3,6,12H,4-5H2,1H3. The van der Waals surface area contributed by atoms with Crippen LogP contribution >= 0.6 is 27.5 Å². The van der Waals surface area contributed by atoms with Crippen molar-refractivity contribution < 1.29 is 12.6 Å². The van der Waals surface area contributed by atoms with Crippen LogP contribution in [0.1, 0.15) is 0 Å². The average Bonchev–Trinajstić information content (AvgIpc) is 2.15. The molecule has 0 aliphatic carbocycles. The number of benzene rings is 1. The molecule has 0 aliphatic rings. The van der Waals surface area contributed by atoms with Gasteiger partial charge in [-0.25, -0.2) is 13.1 Å². The van der Waals surface area contributed by atoms with E-state index < -0.39 is 20.8 Å². The second-order valence-electron chi connectivity index (χ2n) is 3.25. The normalized spacial score (nSPS) is 13.6. The van der Waals surface area contributed by atoms with Gasteiger partial charge in [0.1, 0.15) is 4.90 Å². The van der Waals surface area contributed by atoms with E-state index in [2.05, 4.69) is 20.7 Å².